The highest BCUT2D eigenvalue weighted by molar-refractivity contribution is 7.85. The highest BCUT2D eigenvalue weighted by atomic mass is 32.2. The molecule has 4 heteroatoms. The van der Waals surface area contributed by atoms with Crippen LogP contribution in [-0.4, -0.2) is 30.2 Å². The van der Waals surface area contributed by atoms with Crippen LogP contribution in [0.2, 0.25) is 0 Å². The van der Waals surface area contributed by atoms with E-state index in [1.54, 1.807) is 0 Å². The van der Waals surface area contributed by atoms with Crippen molar-refractivity contribution in [2.45, 2.75) is 24.2 Å². The van der Waals surface area contributed by atoms with Crippen LogP contribution in [0.5, 0.6) is 0 Å². The molecule has 0 bridgehead atoms. The van der Waals surface area contributed by atoms with Crippen LogP contribution in [0.4, 0.5) is 5.69 Å². The zero-order valence-corrected chi connectivity index (χ0v) is 14.4. The second-order valence-electron chi connectivity index (χ2n) is 6.06. The summed E-state index contributed by atoms with van der Waals surface area (Å²) in [6, 6.07) is 17.0. The minimum Gasteiger partial charge on any atom is -0.361 e. The van der Waals surface area contributed by atoms with E-state index in [2.05, 4.69) is 58.7 Å². The van der Waals surface area contributed by atoms with Gasteiger partial charge in [0.1, 0.15) is 0 Å². The van der Waals surface area contributed by atoms with Gasteiger partial charge in [0.25, 0.3) is 0 Å². The molecule has 2 aromatic rings. The van der Waals surface area contributed by atoms with Gasteiger partial charge < -0.3 is 10.2 Å². The second-order valence-corrected chi connectivity index (χ2v) is 7.45. The number of nitrogens with zero attached hydrogens (tertiary/aromatic N) is 1. The Morgan fingerprint density at radius 2 is 1.87 bits per heavy atom. The van der Waals surface area contributed by atoms with Crippen molar-refractivity contribution in [2.24, 2.45) is 0 Å². The zero-order valence-electron chi connectivity index (χ0n) is 13.6. The molecule has 122 valence electrons. The minimum atomic E-state index is -0.859. The number of hydrogen-bond acceptors (Lipinski definition) is 3. The van der Waals surface area contributed by atoms with E-state index in [9.17, 15) is 4.21 Å². The summed E-state index contributed by atoms with van der Waals surface area (Å²) < 4.78 is 12.0. The third kappa shape index (κ3) is 4.21. The third-order valence-electron chi connectivity index (χ3n) is 4.24. The Labute approximate surface area is 141 Å². The molecule has 3 rings (SSSR count). The lowest BCUT2D eigenvalue weighted by molar-refractivity contribution is 0.647. The van der Waals surface area contributed by atoms with E-state index < -0.39 is 10.8 Å². The lowest BCUT2D eigenvalue weighted by Gasteiger charge is -2.10. The molecule has 1 N–H and O–H groups in total. The summed E-state index contributed by atoms with van der Waals surface area (Å²) in [7, 11) is 1.14. The summed E-state index contributed by atoms with van der Waals surface area (Å²) in [5.41, 5.74) is 3.79. The molecule has 23 heavy (non-hydrogen) atoms. The number of rotatable bonds is 7. The maximum absolute atomic E-state index is 12.0. The number of benzene rings is 2. The fraction of sp³-hybridized carbons (Fsp3) is 0.368. The summed E-state index contributed by atoms with van der Waals surface area (Å²) in [5.74, 6) is 0.625. The van der Waals surface area contributed by atoms with Crippen LogP contribution in [0.25, 0.3) is 0 Å². The van der Waals surface area contributed by atoms with Gasteiger partial charge in [-0.3, -0.25) is 4.21 Å². The first-order chi connectivity index (χ1) is 11.2. The maximum Gasteiger partial charge on any atom is 0.0982 e. The number of fused-ring (bicyclic) bond motifs is 1. The summed E-state index contributed by atoms with van der Waals surface area (Å²) in [6.07, 6.45) is 3.22. The van der Waals surface area contributed by atoms with E-state index in [4.69, 9.17) is 0 Å². The quantitative estimate of drug-likeness (QED) is 0.793. The molecule has 0 aromatic heterocycles. The highest BCUT2D eigenvalue weighted by Crippen LogP contribution is 2.31. The molecule has 2 aromatic carbocycles. The van der Waals surface area contributed by atoms with Crippen molar-refractivity contribution >= 4 is 16.5 Å². The molecule has 0 saturated heterocycles. The monoisotopic (exact) mass is 328 g/mol. The molecule has 0 amide bonds. The molecule has 0 aliphatic carbocycles. The van der Waals surface area contributed by atoms with E-state index in [1.165, 1.54) is 11.1 Å². The van der Waals surface area contributed by atoms with Crippen molar-refractivity contribution in [3.8, 4) is 0 Å². The van der Waals surface area contributed by atoms with Crippen molar-refractivity contribution in [1.29, 1.82) is 0 Å². The summed E-state index contributed by atoms with van der Waals surface area (Å²) in [5, 5.41) is 3.50. The minimum absolute atomic E-state index is 0.625. The lowest BCUT2D eigenvalue weighted by Crippen LogP contribution is -2.19. The molecule has 3 nitrogen and oxygen atoms in total. The van der Waals surface area contributed by atoms with Crippen LogP contribution in [0.15, 0.2) is 53.4 Å². The number of anilines is 1. The summed E-state index contributed by atoms with van der Waals surface area (Å²) in [4.78, 5) is 3.07. The van der Waals surface area contributed by atoms with Gasteiger partial charge in [-0.25, -0.2) is 0 Å². The molecule has 0 radical (unpaired) electrons. The zero-order chi connectivity index (χ0) is 16.1. The first-order valence-corrected chi connectivity index (χ1v) is 9.53. The first kappa shape index (κ1) is 16.2. The number of nitrogens with one attached hydrogen (secondary N) is 1. The largest absolute Gasteiger partial charge is 0.361 e. The molecule has 1 unspecified atom stereocenters. The summed E-state index contributed by atoms with van der Waals surface area (Å²) >= 11 is 0. The first-order valence-electron chi connectivity index (χ1n) is 8.21. The van der Waals surface area contributed by atoms with Gasteiger partial charge >= 0.3 is 0 Å². The molecular weight excluding hydrogens is 304 g/mol. The molecular formula is C19H24N2OS. The molecule has 0 fully saturated rings. The van der Waals surface area contributed by atoms with Crippen LogP contribution in [0.3, 0.4) is 0 Å². The molecule has 1 aliphatic rings. The predicted molar refractivity (Wildman–Crippen MR) is 97.5 cm³/mol. The smallest absolute Gasteiger partial charge is 0.0982 e. The van der Waals surface area contributed by atoms with Crippen LogP contribution in [0, 0.1) is 0 Å². The molecule has 1 heterocycles. The van der Waals surface area contributed by atoms with Crippen molar-refractivity contribution < 1.29 is 4.21 Å². The lowest BCUT2D eigenvalue weighted by atomic mass is 10.1. The normalized spacial score (nSPS) is 16.6. The van der Waals surface area contributed by atoms with Gasteiger partial charge in [0.05, 0.1) is 27.3 Å². The van der Waals surface area contributed by atoms with Gasteiger partial charge in [-0.05, 0) is 55.6 Å². The molecule has 0 saturated carbocycles. The van der Waals surface area contributed by atoms with E-state index in [-0.39, 0.29) is 0 Å². The standard InChI is InChI=1S/C19H24N2OS/c1-21-15-23(22)19-14-17(9-10-18(19)21)8-5-12-20-13-11-16-6-3-2-4-7-16/h2-4,6-7,9-10,14,20H,5,8,11-13,15H2,1H3. The van der Waals surface area contributed by atoms with Gasteiger partial charge in [0, 0.05) is 7.05 Å². The van der Waals surface area contributed by atoms with E-state index in [0.717, 1.165) is 42.9 Å². The van der Waals surface area contributed by atoms with Crippen LogP contribution in [-0.2, 0) is 23.6 Å². The highest BCUT2D eigenvalue weighted by Gasteiger charge is 2.22. The second kappa shape index (κ2) is 7.75. The number of hydrogen-bond donors (Lipinski definition) is 1. The Kier molecular flexibility index (Phi) is 5.47. The Balaban J connectivity index is 1.40. The SMILES string of the molecule is CN1CS(=O)c2cc(CCCNCCc3ccccc3)ccc21. The Hall–Kier alpha value is -1.65. The van der Waals surface area contributed by atoms with Gasteiger partial charge in [0.2, 0.25) is 0 Å². The van der Waals surface area contributed by atoms with E-state index >= 15 is 0 Å². The molecule has 0 spiro atoms. The van der Waals surface area contributed by atoms with Crippen molar-refractivity contribution in [3.05, 3.63) is 59.7 Å². The Morgan fingerprint density at radius 1 is 1.04 bits per heavy atom. The molecule has 1 aliphatic heterocycles. The van der Waals surface area contributed by atoms with Crippen LogP contribution < -0.4 is 10.2 Å². The summed E-state index contributed by atoms with van der Waals surface area (Å²) in [6.45, 7) is 2.04. The third-order valence-corrected chi connectivity index (χ3v) is 5.68. The Morgan fingerprint density at radius 3 is 2.70 bits per heavy atom. The van der Waals surface area contributed by atoms with Gasteiger partial charge in [-0.1, -0.05) is 36.4 Å². The molecule has 1 atom stereocenters. The van der Waals surface area contributed by atoms with Gasteiger partial charge in [-0.2, -0.15) is 0 Å². The average Bonchev–Trinajstić information content (AvgIpc) is 2.86. The Bertz CT molecular complexity index is 672. The topological polar surface area (TPSA) is 32.3 Å². The van der Waals surface area contributed by atoms with Crippen molar-refractivity contribution in [2.75, 3.05) is 30.9 Å². The van der Waals surface area contributed by atoms with Gasteiger partial charge in [-0.15, -0.1) is 0 Å². The maximum atomic E-state index is 12.0. The van der Waals surface area contributed by atoms with Crippen LogP contribution >= 0.6 is 0 Å². The number of aryl methyl sites for hydroxylation is 1. The predicted octanol–water partition coefficient (Wildman–Crippen LogP) is 2.97. The van der Waals surface area contributed by atoms with Crippen LogP contribution in [0.1, 0.15) is 17.5 Å². The van der Waals surface area contributed by atoms with Crippen molar-refractivity contribution in [1.82, 2.24) is 5.32 Å². The van der Waals surface area contributed by atoms with E-state index in [0.29, 0.717) is 5.88 Å². The average molecular weight is 328 g/mol. The van der Waals surface area contributed by atoms with E-state index in [1.807, 2.05) is 7.05 Å². The fourth-order valence-electron chi connectivity index (χ4n) is 2.95. The van der Waals surface area contributed by atoms with Gasteiger partial charge in [0.15, 0.2) is 0 Å². The van der Waals surface area contributed by atoms with Crippen molar-refractivity contribution in [3.63, 3.8) is 0 Å². The fourth-order valence-corrected chi connectivity index (χ4v) is 4.32.